The fraction of sp³-hybridized carbons (Fsp3) is 1.00. The standard InChI is InChI=1S/C9H21NO/c1-3-5-8(6-4-2)9(10)7-11/h8-9,11H,3-7,10H2,1-2H3. The molecule has 0 bridgehead atoms. The molecule has 3 N–H and O–H groups in total. The van der Waals surface area contributed by atoms with Gasteiger partial charge in [0, 0.05) is 6.04 Å². The second-order valence-corrected chi connectivity index (χ2v) is 3.18. The SMILES string of the molecule is CCCC(CCC)C(N)CO. The van der Waals surface area contributed by atoms with Gasteiger partial charge in [-0.05, 0) is 18.8 Å². The molecule has 0 fully saturated rings. The third-order valence-electron chi connectivity index (χ3n) is 2.14. The van der Waals surface area contributed by atoms with Gasteiger partial charge < -0.3 is 10.8 Å². The summed E-state index contributed by atoms with van der Waals surface area (Å²) in [5, 5.41) is 8.83. The molecule has 0 aromatic carbocycles. The fourth-order valence-electron chi connectivity index (χ4n) is 1.46. The molecule has 2 heteroatoms. The first kappa shape index (κ1) is 10.9. The van der Waals surface area contributed by atoms with Crippen molar-refractivity contribution in [3.05, 3.63) is 0 Å². The van der Waals surface area contributed by atoms with Crippen molar-refractivity contribution in [2.75, 3.05) is 6.61 Å². The van der Waals surface area contributed by atoms with Gasteiger partial charge in [0.05, 0.1) is 6.61 Å². The van der Waals surface area contributed by atoms with Gasteiger partial charge in [-0.3, -0.25) is 0 Å². The zero-order chi connectivity index (χ0) is 8.69. The molecule has 2 nitrogen and oxygen atoms in total. The van der Waals surface area contributed by atoms with E-state index >= 15 is 0 Å². The summed E-state index contributed by atoms with van der Waals surface area (Å²) in [7, 11) is 0. The highest BCUT2D eigenvalue weighted by atomic mass is 16.3. The Morgan fingerprint density at radius 1 is 1.18 bits per heavy atom. The Labute approximate surface area is 69.8 Å². The average molecular weight is 159 g/mol. The maximum atomic E-state index is 8.83. The van der Waals surface area contributed by atoms with Crippen LogP contribution in [0.5, 0.6) is 0 Å². The van der Waals surface area contributed by atoms with Crippen LogP contribution in [0, 0.1) is 5.92 Å². The Morgan fingerprint density at radius 3 is 1.91 bits per heavy atom. The van der Waals surface area contributed by atoms with E-state index in [1.165, 1.54) is 12.8 Å². The van der Waals surface area contributed by atoms with Crippen LogP contribution in [0.15, 0.2) is 0 Å². The Kier molecular flexibility index (Phi) is 6.57. The molecule has 0 saturated heterocycles. The van der Waals surface area contributed by atoms with E-state index in [1.807, 2.05) is 0 Å². The van der Waals surface area contributed by atoms with Crippen LogP contribution in [0.3, 0.4) is 0 Å². The second-order valence-electron chi connectivity index (χ2n) is 3.18. The molecule has 1 unspecified atom stereocenters. The van der Waals surface area contributed by atoms with Gasteiger partial charge >= 0.3 is 0 Å². The topological polar surface area (TPSA) is 46.2 Å². The number of aliphatic hydroxyl groups excluding tert-OH is 1. The van der Waals surface area contributed by atoms with E-state index in [9.17, 15) is 0 Å². The molecular weight excluding hydrogens is 138 g/mol. The lowest BCUT2D eigenvalue weighted by Gasteiger charge is -2.20. The van der Waals surface area contributed by atoms with Crippen LogP contribution < -0.4 is 5.73 Å². The van der Waals surface area contributed by atoms with Crippen molar-refractivity contribution >= 4 is 0 Å². The van der Waals surface area contributed by atoms with Gasteiger partial charge in [-0.1, -0.05) is 26.7 Å². The summed E-state index contributed by atoms with van der Waals surface area (Å²) < 4.78 is 0. The predicted molar refractivity (Wildman–Crippen MR) is 48.4 cm³/mol. The summed E-state index contributed by atoms with van der Waals surface area (Å²) in [4.78, 5) is 0. The summed E-state index contributed by atoms with van der Waals surface area (Å²) in [6, 6.07) is -0.00472. The van der Waals surface area contributed by atoms with Crippen molar-refractivity contribution in [3.8, 4) is 0 Å². The molecule has 0 spiro atoms. The summed E-state index contributed by atoms with van der Waals surface area (Å²) in [5.74, 6) is 0.523. The summed E-state index contributed by atoms with van der Waals surface area (Å²) in [5.41, 5.74) is 5.74. The first-order chi connectivity index (χ1) is 5.26. The molecule has 1 atom stereocenters. The zero-order valence-electron chi connectivity index (χ0n) is 7.71. The van der Waals surface area contributed by atoms with Crippen LogP contribution in [-0.2, 0) is 0 Å². The first-order valence-corrected chi connectivity index (χ1v) is 4.62. The van der Waals surface area contributed by atoms with Crippen LogP contribution in [0.2, 0.25) is 0 Å². The Morgan fingerprint density at radius 2 is 1.64 bits per heavy atom. The summed E-state index contributed by atoms with van der Waals surface area (Å²) >= 11 is 0. The van der Waals surface area contributed by atoms with E-state index in [-0.39, 0.29) is 12.6 Å². The summed E-state index contributed by atoms with van der Waals surface area (Å²) in [6.07, 6.45) is 4.63. The molecule has 0 aliphatic rings. The van der Waals surface area contributed by atoms with Crippen molar-refractivity contribution < 1.29 is 5.11 Å². The lowest BCUT2D eigenvalue weighted by molar-refractivity contribution is 0.213. The Bertz CT molecular complexity index is 79.6. The fourth-order valence-corrected chi connectivity index (χ4v) is 1.46. The molecule has 0 aliphatic heterocycles. The van der Waals surface area contributed by atoms with Crippen molar-refractivity contribution in [3.63, 3.8) is 0 Å². The quantitative estimate of drug-likeness (QED) is 0.617. The molecule has 68 valence electrons. The van der Waals surface area contributed by atoms with Crippen molar-refractivity contribution in [2.24, 2.45) is 11.7 Å². The van der Waals surface area contributed by atoms with Crippen LogP contribution in [-0.4, -0.2) is 17.8 Å². The predicted octanol–water partition coefficient (Wildman–Crippen LogP) is 1.52. The molecule has 0 heterocycles. The lowest BCUT2D eigenvalue weighted by atomic mass is 9.91. The number of nitrogens with two attached hydrogens (primary N) is 1. The minimum atomic E-state index is -0.00472. The van der Waals surface area contributed by atoms with E-state index < -0.39 is 0 Å². The van der Waals surface area contributed by atoms with Gasteiger partial charge in [-0.2, -0.15) is 0 Å². The van der Waals surface area contributed by atoms with E-state index in [1.54, 1.807) is 0 Å². The van der Waals surface area contributed by atoms with Crippen LogP contribution in [0.1, 0.15) is 39.5 Å². The van der Waals surface area contributed by atoms with Crippen LogP contribution in [0.25, 0.3) is 0 Å². The van der Waals surface area contributed by atoms with Crippen LogP contribution >= 0.6 is 0 Å². The molecule has 0 rings (SSSR count). The number of rotatable bonds is 6. The van der Waals surface area contributed by atoms with Gasteiger partial charge in [-0.15, -0.1) is 0 Å². The van der Waals surface area contributed by atoms with E-state index in [0.717, 1.165) is 12.8 Å². The van der Waals surface area contributed by atoms with E-state index in [2.05, 4.69) is 13.8 Å². The van der Waals surface area contributed by atoms with Gasteiger partial charge in [0.25, 0.3) is 0 Å². The molecule has 0 aromatic rings. The first-order valence-electron chi connectivity index (χ1n) is 4.62. The third-order valence-corrected chi connectivity index (χ3v) is 2.14. The second kappa shape index (κ2) is 6.62. The maximum Gasteiger partial charge on any atom is 0.0585 e. The minimum Gasteiger partial charge on any atom is -0.395 e. The van der Waals surface area contributed by atoms with Crippen molar-refractivity contribution in [1.82, 2.24) is 0 Å². The third kappa shape index (κ3) is 4.38. The van der Waals surface area contributed by atoms with Gasteiger partial charge in [0.2, 0.25) is 0 Å². The summed E-state index contributed by atoms with van der Waals surface area (Å²) in [6.45, 7) is 4.45. The number of aliphatic hydroxyl groups is 1. The highest BCUT2D eigenvalue weighted by molar-refractivity contribution is 4.70. The minimum absolute atomic E-state index is 0.00472. The molecule has 11 heavy (non-hydrogen) atoms. The van der Waals surface area contributed by atoms with Crippen LogP contribution in [0.4, 0.5) is 0 Å². The molecule has 0 radical (unpaired) electrons. The smallest absolute Gasteiger partial charge is 0.0585 e. The highest BCUT2D eigenvalue weighted by Gasteiger charge is 2.14. The average Bonchev–Trinajstić information content (AvgIpc) is 2.03. The largest absolute Gasteiger partial charge is 0.395 e. The van der Waals surface area contributed by atoms with Gasteiger partial charge in [0.1, 0.15) is 0 Å². The maximum absolute atomic E-state index is 8.83. The van der Waals surface area contributed by atoms with E-state index in [0.29, 0.717) is 5.92 Å². The monoisotopic (exact) mass is 159 g/mol. The number of hydrogen-bond acceptors (Lipinski definition) is 2. The van der Waals surface area contributed by atoms with Crippen molar-refractivity contribution in [1.29, 1.82) is 0 Å². The Balaban J connectivity index is 3.66. The molecule has 0 amide bonds. The van der Waals surface area contributed by atoms with Crippen molar-refractivity contribution in [2.45, 2.75) is 45.6 Å². The molecule has 0 aliphatic carbocycles. The van der Waals surface area contributed by atoms with Gasteiger partial charge in [0.15, 0.2) is 0 Å². The number of hydrogen-bond donors (Lipinski definition) is 2. The Hall–Kier alpha value is -0.0800. The molecule has 0 saturated carbocycles. The zero-order valence-corrected chi connectivity index (χ0v) is 7.71. The molecular formula is C9H21NO. The normalized spacial score (nSPS) is 13.9. The van der Waals surface area contributed by atoms with E-state index in [4.69, 9.17) is 10.8 Å². The highest BCUT2D eigenvalue weighted by Crippen LogP contribution is 2.15. The van der Waals surface area contributed by atoms with Gasteiger partial charge in [-0.25, -0.2) is 0 Å². The lowest BCUT2D eigenvalue weighted by Crippen LogP contribution is -2.33. The molecule has 0 aromatic heterocycles.